The first-order valence-electron chi connectivity index (χ1n) is 6.94. The summed E-state index contributed by atoms with van der Waals surface area (Å²) >= 11 is 0. The molecule has 7 heteroatoms. The van der Waals surface area contributed by atoms with Crippen molar-refractivity contribution in [2.45, 2.75) is 13.0 Å². The zero-order chi connectivity index (χ0) is 15.7. The average Bonchev–Trinajstić information content (AvgIpc) is 2.94. The number of H-pyrrole nitrogens is 2. The monoisotopic (exact) mass is 303 g/mol. The van der Waals surface area contributed by atoms with Crippen LogP contribution in [0.2, 0.25) is 0 Å². The van der Waals surface area contributed by atoms with E-state index in [0.29, 0.717) is 36.6 Å². The van der Waals surface area contributed by atoms with Crippen molar-refractivity contribution in [1.29, 1.82) is 0 Å². The fourth-order valence-corrected chi connectivity index (χ4v) is 2.73. The van der Waals surface area contributed by atoms with Gasteiger partial charge in [0, 0.05) is 12.1 Å². The highest BCUT2D eigenvalue weighted by Crippen LogP contribution is 2.30. The van der Waals surface area contributed by atoms with Crippen molar-refractivity contribution < 1.29 is 14.3 Å². The second-order valence-corrected chi connectivity index (χ2v) is 5.05. The van der Waals surface area contributed by atoms with Crippen molar-refractivity contribution in [1.82, 2.24) is 15.1 Å². The van der Waals surface area contributed by atoms with E-state index in [4.69, 9.17) is 9.47 Å². The number of ether oxygens (including phenoxy) is 2. The molecule has 7 nitrogen and oxygen atoms in total. The number of aromatic amines is 2. The third kappa shape index (κ3) is 2.24. The van der Waals surface area contributed by atoms with Crippen molar-refractivity contribution >= 4 is 5.91 Å². The summed E-state index contributed by atoms with van der Waals surface area (Å²) in [6, 6.07) is 5.22. The van der Waals surface area contributed by atoms with E-state index < -0.39 is 0 Å². The fourth-order valence-electron chi connectivity index (χ4n) is 2.73. The summed E-state index contributed by atoms with van der Waals surface area (Å²) in [6.07, 6.45) is 0.525. The van der Waals surface area contributed by atoms with Gasteiger partial charge in [0.15, 0.2) is 0 Å². The highest BCUT2D eigenvalue weighted by Gasteiger charge is 2.28. The third-order valence-electron chi connectivity index (χ3n) is 3.87. The number of benzene rings is 1. The van der Waals surface area contributed by atoms with Crippen LogP contribution in [0, 0.1) is 0 Å². The van der Waals surface area contributed by atoms with Gasteiger partial charge in [0.05, 0.1) is 26.5 Å². The maximum absolute atomic E-state index is 12.8. The van der Waals surface area contributed by atoms with Gasteiger partial charge in [0.1, 0.15) is 17.1 Å². The van der Waals surface area contributed by atoms with Crippen molar-refractivity contribution in [2.24, 2.45) is 0 Å². The van der Waals surface area contributed by atoms with Crippen LogP contribution in [0.4, 0.5) is 0 Å². The van der Waals surface area contributed by atoms with E-state index in [2.05, 4.69) is 10.2 Å². The van der Waals surface area contributed by atoms with Gasteiger partial charge >= 0.3 is 0 Å². The molecule has 2 aromatic rings. The van der Waals surface area contributed by atoms with Crippen LogP contribution in [0.3, 0.4) is 0 Å². The van der Waals surface area contributed by atoms with Crippen LogP contribution < -0.4 is 15.0 Å². The zero-order valence-electron chi connectivity index (χ0n) is 12.4. The molecular weight excluding hydrogens is 286 g/mol. The summed E-state index contributed by atoms with van der Waals surface area (Å²) in [6.45, 7) is 0.835. The third-order valence-corrected chi connectivity index (χ3v) is 3.87. The first-order chi connectivity index (χ1) is 10.7. The Morgan fingerprint density at radius 3 is 2.50 bits per heavy atom. The van der Waals surface area contributed by atoms with E-state index >= 15 is 0 Å². The standard InChI is InChI=1S/C15H17N3O4/c1-21-11-4-3-5-12(22-2)13(11)15(20)18-7-6-9-10(8-18)16-17-14(9)19/h3-5H,6-8H2,1-2H3,(H2,16,17,19). The molecule has 0 saturated carbocycles. The lowest BCUT2D eigenvalue weighted by atomic mass is 10.1. The normalized spacial score (nSPS) is 13.6. The summed E-state index contributed by atoms with van der Waals surface area (Å²) in [5, 5.41) is 5.38. The Balaban J connectivity index is 1.94. The molecule has 1 aromatic heterocycles. The number of amides is 1. The number of aromatic nitrogens is 2. The molecule has 0 saturated heterocycles. The van der Waals surface area contributed by atoms with Crippen LogP contribution in [0.1, 0.15) is 21.6 Å². The Morgan fingerprint density at radius 2 is 1.86 bits per heavy atom. The van der Waals surface area contributed by atoms with Gasteiger partial charge in [-0.2, -0.15) is 0 Å². The number of carbonyl (C=O) groups is 1. The molecule has 1 aliphatic rings. The second-order valence-electron chi connectivity index (χ2n) is 5.05. The molecule has 0 bridgehead atoms. The van der Waals surface area contributed by atoms with Gasteiger partial charge in [0.2, 0.25) is 0 Å². The Morgan fingerprint density at radius 1 is 1.18 bits per heavy atom. The number of hydrogen-bond donors (Lipinski definition) is 2. The number of nitrogens with one attached hydrogen (secondary N) is 2. The minimum Gasteiger partial charge on any atom is -0.496 e. The van der Waals surface area contributed by atoms with E-state index in [9.17, 15) is 9.59 Å². The summed E-state index contributed by atoms with van der Waals surface area (Å²) < 4.78 is 10.6. The highest BCUT2D eigenvalue weighted by molar-refractivity contribution is 5.99. The van der Waals surface area contributed by atoms with E-state index in [1.165, 1.54) is 14.2 Å². The minimum atomic E-state index is -0.179. The molecule has 0 aliphatic carbocycles. The fraction of sp³-hybridized carbons (Fsp3) is 0.333. The number of rotatable bonds is 3. The van der Waals surface area contributed by atoms with Gasteiger partial charge in [-0.25, -0.2) is 0 Å². The molecule has 0 spiro atoms. The Kier molecular flexibility index (Phi) is 3.62. The van der Waals surface area contributed by atoms with Gasteiger partial charge < -0.3 is 19.5 Å². The molecule has 0 unspecified atom stereocenters. The number of fused-ring (bicyclic) bond motifs is 1. The van der Waals surface area contributed by atoms with Gasteiger partial charge in [-0.15, -0.1) is 0 Å². The smallest absolute Gasteiger partial charge is 0.267 e. The quantitative estimate of drug-likeness (QED) is 0.882. The summed E-state index contributed by atoms with van der Waals surface area (Å²) in [5.74, 6) is 0.761. The van der Waals surface area contributed by atoms with E-state index in [1.54, 1.807) is 23.1 Å². The van der Waals surface area contributed by atoms with E-state index in [1.807, 2.05) is 0 Å². The first kappa shape index (κ1) is 14.2. The molecule has 3 rings (SSSR count). The van der Waals surface area contributed by atoms with Crippen LogP contribution in [0.15, 0.2) is 23.0 Å². The van der Waals surface area contributed by atoms with E-state index in [-0.39, 0.29) is 11.5 Å². The average molecular weight is 303 g/mol. The minimum absolute atomic E-state index is 0.114. The van der Waals surface area contributed by atoms with Gasteiger partial charge in [0.25, 0.3) is 11.5 Å². The predicted molar refractivity (Wildman–Crippen MR) is 79.4 cm³/mol. The van der Waals surface area contributed by atoms with Crippen molar-refractivity contribution in [2.75, 3.05) is 20.8 Å². The number of carbonyl (C=O) groups excluding carboxylic acids is 1. The van der Waals surface area contributed by atoms with Gasteiger partial charge in [-0.05, 0) is 18.6 Å². The molecule has 1 aliphatic heterocycles. The maximum atomic E-state index is 12.8. The van der Waals surface area contributed by atoms with Gasteiger partial charge in [-0.3, -0.25) is 14.7 Å². The second kappa shape index (κ2) is 5.59. The van der Waals surface area contributed by atoms with Gasteiger partial charge in [-0.1, -0.05) is 6.07 Å². The number of hydrogen-bond acceptors (Lipinski definition) is 4. The predicted octanol–water partition coefficient (Wildman–Crippen LogP) is 0.919. The summed E-state index contributed by atoms with van der Waals surface area (Å²) in [7, 11) is 3.03. The molecule has 2 heterocycles. The summed E-state index contributed by atoms with van der Waals surface area (Å²) in [4.78, 5) is 26.1. The number of nitrogens with zero attached hydrogens (tertiary/aromatic N) is 1. The number of methoxy groups -OCH3 is 2. The molecule has 1 amide bonds. The zero-order valence-corrected chi connectivity index (χ0v) is 12.4. The molecule has 2 N–H and O–H groups in total. The Hall–Kier alpha value is -2.70. The van der Waals surface area contributed by atoms with Crippen LogP contribution in [-0.4, -0.2) is 41.8 Å². The first-order valence-corrected chi connectivity index (χ1v) is 6.94. The lowest BCUT2D eigenvalue weighted by Gasteiger charge is -2.27. The van der Waals surface area contributed by atoms with Crippen LogP contribution in [0.5, 0.6) is 11.5 Å². The van der Waals surface area contributed by atoms with Crippen molar-refractivity contribution in [3.63, 3.8) is 0 Å². The maximum Gasteiger partial charge on any atom is 0.267 e. The molecule has 0 radical (unpaired) electrons. The van der Waals surface area contributed by atoms with Crippen LogP contribution in [0.25, 0.3) is 0 Å². The Labute approximate surface area is 126 Å². The lowest BCUT2D eigenvalue weighted by molar-refractivity contribution is 0.0725. The topological polar surface area (TPSA) is 87.4 Å². The van der Waals surface area contributed by atoms with Crippen LogP contribution >= 0.6 is 0 Å². The summed E-state index contributed by atoms with van der Waals surface area (Å²) in [5.41, 5.74) is 1.75. The van der Waals surface area contributed by atoms with Crippen LogP contribution in [-0.2, 0) is 13.0 Å². The van der Waals surface area contributed by atoms with E-state index in [0.717, 1.165) is 11.3 Å². The lowest BCUT2D eigenvalue weighted by Crippen LogP contribution is -2.37. The largest absolute Gasteiger partial charge is 0.496 e. The molecule has 1 aromatic carbocycles. The molecule has 0 atom stereocenters. The van der Waals surface area contributed by atoms with Crippen molar-refractivity contribution in [3.05, 3.63) is 45.4 Å². The molecule has 0 fully saturated rings. The highest BCUT2D eigenvalue weighted by atomic mass is 16.5. The SMILES string of the molecule is COc1cccc(OC)c1C(=O)N1CCc2c([nH][nH]c2=O)C1. The molecular formula is C15H17N3O4. The molecule has 22 heavy (non-hydrogen) atoms. The Bertz CT molecular complexity index is 740. The van der Waals surface area contributed by atoms with Crippen molar-refractivity contribution in [3.8, 4) is 11.5 Å². The molecule has 116 valence electrons.